The zero-order chi connectivity index (χ0) is 22.4. The van der Waals surface area contributed by atoms with Gasteiger partial charge in [0.1, 0.15) is 5.69 Å². The van der Waals surface area contributed by atoms with Crippen LogP contribution in [0.15, 0.2) is 0 Å². The molecule has 0 spiro atoms. The van der Waals surface area contributed by atoms with Crippen molar-refractivity contribution in [2.45, 2.75) is 72.9 Å². The van der Waals surface area contributed by atoms with Crippen LogP contribution in [0.4, 0.5) is 0 Å². The number of amides is 1. The van der Waals surface area contributed by atoms with Crippen molar-refractivity contribution in [2.75, 3.05) is 26.9 Å². The first kappa shape index (κ1) is 24.1. The van der Waals surface area contributed by atoms with E-state index in [1.807, 2.05) is 25.3 Å². The number of carbonyl (C=O) groups is 3. The molecule has 0 aromatic carbocycles. The maximum Gasteiger partial charge on any atom is 0.354 e. The van der Waals surface area contributed by atoms with Crippen molar-refractivity contribution in [1.82, 2.24) is 9.47 Å². The normalized spacial score (nSPS) is 14.9. The average molecular weight is 421 g/mol. The number of aromatic nitrogens is 1. The van der Waals surface area contributed by atoms with Crippen LogP contribution in [-0.4, -0.2) is 60.0 Å². The summed E-state index contributed by atoms with van der Waals surface area (Å²) in [5.41, 5.74) is 2.27. The van der Waals surface area contributed by atoms with Crippen molar-refractivity contribution in [3.63, 3.8) is 0 Å². The van der Waals surface area contributed by atoms with E-state index in [9.17, 15) is 14.4 Å². The van der Waals surface area contributed by atoms with Crippen molar-refractivity contribution in [1.29, 1.82) is 0 Å². The lowest BCUT2D eigenvalue weighted by Gasteiger charge is -2.35. The van der Waals surface area contributed by atoms with Gasteiger partial charge in [-0.05, 0) is 59.4 Å². The van der Waals surface area contributed by atoms with Crippen LogP contribution in [0, 0.1) is 19.8 Å². The highest BCUT2D eigenvalue weighted by Gasteiger charge is 2.36. The van der Waals surface area contributed by atoms with Gasteiger partial charge in [-0.25, -0.2) is 4.79 Å². The van der Waals surface area contributed by atoms with E-state index in [2.05, 4.69) is 0 Å². The van der Waals surface area contributed by atoms with Crippen LogP contribution >= 0.6 is 0 Å². The number of hydrogen-bond acceptors (Lipinski definition) is 5. The molecule has 0 saturated heterocycles. The molecule has 0 bridgehead atoms. The molecular weight excluding hydrogens is 384 g/mol. The number of hydrogen-bond donors (Lipinski definition) is 0. The number of carbonyl (C=O) groups excluding carboxylic acids is 3. The highest BCUT2D eigenvalue weighted by atomic mass is 16.5. The van der Waals surface area contributed by atoms with E-state index >= 15 is 0 Å². The molecule has 1 amide bonds. The third-order valence-corrected chi connectivity index (χ3v) is 6.18. The smallest absolute Gasteiger partial charge is 0.354 e. The van der Waals surface area contributed by atoms with Gasteiger partial charge in [0.05, 0.1) is 13.2 Å². The van der Waals surface area contributed by atoms with Gasteiger partial charge >= 0.3 is 5.97 Å². The largest absolute Gasteiger partial charge is 0.464 e. The second-order valence-corrected chi connectivity index (χ2v) is 7.92. The Morgan fingerprint density at radius 1 is 1.20 bits per heavy atom. The molecule has 0 radical (unpaired) electrons. The van der Waals surface area contributed by atoms with Crippen molar-refractivity contribution in [3.8, 4) is 0 Å². The monoisotopic (exact) mass is 420 g/mol. The van der Waals surface area contributed by atoms with Crippen LogP contribution in [0.2, 0.25) is 0 Å². The van der Waals surface area contributed by atoms with E-state index in [-0.39, 0.29) is 17.6 Å². The van der Waals surface area contributed by atoms with Crippen LogP contribution in [0.1, 0.15) is 78.6 Å². The molecule has 1 saturated carbocycles. The molecule has 0 aliphatic heterocycles. The molecule has 1 aliphatic rings. The highest BCUT2D eigenvalue weighted by molar-refractivity contribution is 6.06. The summed E-state index contributed by atoms with van der Waals surface area (Å²) in [5, 5.41) is 0. The van der Waals surface area contributed by atoms with Gasteiger partial charge in [-0.3, -0.25) is 9.59 Å². The molecule has 1 atom stereocenters. The summed E-state index contributed by atoms with van der Waals surface area (Å²) in [7, 11) is 1.34. The molecule has 1 fully saturated rings. The van der Waals surface area contributed by atoms with E-state index in [1.54, 1.807) is 18.7 Å². The van der Waals surface area contributed by atoms with Crippen molar-refractivity contribution < 1.29 is 23.9 Å². The number of methoxy groups -OCH3 is 1. The fraction of sp³-hybridized carbons (Fsp3) is 0.696. The number of Topliss-reactive ketones (excluding diaryl/α,β-unsaturated/α-hetero) is 1. The third-order valence-electron chi connectivity index (χ3n) is 6.18. The Morgan fingerprint density at radius 2 is 1.87 bits per heavy atom. The first-order chi connectivity index (χ1) is 14.3. The first-order valence-corrected chi connectivity index (χ1v) is 11.0. The molecule has 1 aliphatic carbocycles. The third kappa shape index (κ3) is 4.77. The number of rotatable bonds is 11. The molecule has 30 heavy (non-hydrogen) atoms. The van der Waals surface area contributed by atoms with Gasteiger partial charge in [0.2, 0.25) is 5.91 Å². The van der Waals surface area contributed by atoms with Gasteiger partial charge in [0.25, 0.3) is 0 Å². The average Bonchev–Trinajstić information content (AvgIpc) is 2.94. The van der Waals surface area contributed by atoms with Crippen LogP contribution in [0.3, 0.4) is 0 Å². The van der Waals surface area contributed by atoms with Gasteiger partial charge in [0.15, 0.2) is 5.78 Å². The topological polar surface area (TPSA) is 77.8 Å². The second kappa shape index (κ2) is 10.8. The Hall–Kier alpha value is -2.15. The van der Waals surface area contributed by atoms with Gasteiger partial charge in [-0.1, -0.05) is 6.42 Å². The van der Waals surface area contributed by atoms with Crippen molar-refractivity contribution >= 4 is 17.7 Å². The Labute approximate surface area is 179 Å². The molecule has 1 heterocycles. The molecule has 7 nitrogen and oxygen atoms in total. The first-order valence-electron chi connectivity index (χ1n) is 11.0. The van der Waals surface area contributed by atoms with E-state index in [4.69, 9.17) is 9.47 Å². The van der Waals surface area contributed by atoms with E-state index < -0.39 is 12.0 Å². The lowest BCUT2D eigenvalue weighted by molar-refractivity contribution is -0.139. The molecule has 1 aromatic rings. The molecule has 168 valence electrons. The molecule has 7 heteroatoms. The van der Waals surface area contributed by atoms with E-state index in [0.717, 1.165) is 25.0 Å². The Kier molecular flexibility index (Phi) is 8.65. The Balaban J connectivity index is 2.34. The lowest BCUT2D eigenvalue weighted by atomic mass is 9.83. The minimum Gasteiger partial charge on any atom is -0.464 e. The molecule has 2 rings (SSSR count). The minimum absolute atomic E-state index is 0.0143. The molecule has 1 aromatic heterocycles. The lowest BCUT2D eigenvalue weighted by Crippen LogP contribution is -2.48. The maximum atomic E-state index is 13.6. The predicted octanol–water partition coefficient (Wildman–Crippen LogP) is 3.54. The van der Waals surface area contributed by atoms with Gasteiger partial charge in [-0.15, -0.1) is 0 Å². The molecule has 1 unspecified atom stereocenters. The zero-order valence-corrected chi connectivity index (χ0v) is 19.2. The number of esters is 1. The fourth-order valence-electron chi connectivity index (χ4n) is 4.23. The fourth-order valence-corrected chi connectivity index (χ4v) is 4.23. The standard InChI is InChI=1S/C23H36N2O5/c1-7-24-16(4)19(15(3)20(24)23(28)29-6)21(26)17(5)25(13-10-14-30-8-2)22(27)18-11-9-12-18/h17-18H,7-14H2,1-6H3. The summed E-state index contributed by atoms with van der Waals surface area (Å²) in [6.07, 6.45) is 3.52. The number of ether oxygens (including phenoxy) is 2. The number of ketones is 1. The van der Waals surface area contributed by atoms with Gasteiger partial charge < -0.3 is 18.9 Å². The van der Waals surface area contributed by atoms with Gasteiger partial charge in [-0.2, -0.15) is 0 Å². The molecule has 0 N–H and O–H groups in total. The molecular formula is C23H36N2O5. The van der Waals surface area contributed by atoms with Crippen molar-refractivity contribution in [2.24, 2.45) is 5.92 Å². The predicted molar refractivity (Wildman–Crippen MR) is 115 cm³/mol. The summed E-state index contributed by atoms with van der Waals surface area (Å²) >= 11 is 0. The van der Waals surface area contributed by atoms with E-state index in [1.165, 1.54) is 7.11 Å². The summed E-state index contributed by atoms with van der Waals surface area (Å²) in [4.78, 5) is 40.7. The van der Waals surface area contributed by atoms with Crippen LogP contribution in [-0.2, 0) is 20.8 Å². The van der Waals surface area contributed by atoms with Crippen molar-refractivity contribution in [3.05, 3.63) is 22.5 Å². The Morgan fingerprint density at radius 3 is 2.37 bits per heavy atom. The van der Waals surface area contributed by atoms with Crippen LogP contribution < -0.4 is 0 Å². The summed E-state index contributed by atoms with van der Waals surface area (Å²) in [6, 6.07) is -0.602. The van der Waals surface area contributed by atoms with Gasteiger partial charge in [0, 0.05) is 43.5 Å². The quantitative estimate of drug-likeness (QED) is 0.311. The minimum atomic E-state index is -0.602. The maximum absolute atomic E-state index is 13.6. The number of nitrogens with zero attached hydrogens (tertiary/aromatic N) is 2. The zero-order valence-electron chi connectivity index (χ0n) is 19.2. The van der Waals surface area contributed by atoms with E-state index in [0.29, 0.717) is 49.5 Å². The summed E-state index contributed by atoms with van der Waals surface area (Å²) < 4.78 is 12.2. The van der Waals surface area contributed by atoms with Crippen LogP contribution in [0.25, 0.3) is 0 Å². The SMILES string of the molecule is CCOCCCN(C(=O)C1CCC1)C(C)C(=O)c1c(C)c(C(=O)OC)n(CC)c1C. The Bertz CT molecular complexity index is 779. The second-order valence-electron chi connectivity index (χ2n) is 7.92. The summed E-state index contributed by atoms with van der Waals surface area (Å²) in [6.45, 7) is 11.5. The van der Waals surface area contributed by atoms with Crippen LogP contribution in [0.5, 0.6) is 0 Å². The highest BCUT2D eigenvalue weighted by Crippen LogP contribution is 2.30. The summed E-state index contributed by atoms with van der Waals surface area (Å²) in [5.74, 6) is -0.521.